The summed E-state index contributed by atoms with van der Waals surface area (Å²) in [6.07, 6.45) is 0. The molecule has 1 aromatic rings. The second-order valence-electron chi connectivity index (χ2n) is 3.33. The van der Waals surface area contributed by atoms with E-state index < -0.39 is 17.6 Å². The Labute approximate surface area is 102 Å². The highest BCUT2D eigenvalue weighted by Gasteiger charge is 2.15. The van der Waals surface area contributed by atoms with Gasteiger partial charge in [0.2, 0.25) is 0 Å². The molecule has 0 unspecified atom stereocenters. The summed E-state index contributed by atoms with van der Waals surface area (Å²) in [5, 5.41) is 8.42. The number of aliphatic hydroxyl groups is 1. The zero-order valence-electron chi connectivity index (χ0n) is 9.49. The van der Waals surface area contributed by atoms with Gasteiger partial charge in [0.15, 0.2) is 11.6 Å². The molecule has 0 spiro atoms. The fraction of sp³-hybridized carbons (Fsp3) is 0.364. The van der Waals surface area contributed by atoms with Gasteiger partial charge < -0.3 is 20.3 Å². The molecular formula is C11H13F2NO4. The van der Waals surface area contributed by atoms with Crippen molar-refractivity contribution in [3.63, 3.8) is 0 Å². The van der Waals surface area contributed by atoms with Crippen molar-refractivity contribution in [1.82, 2.24) is 0 Å². The Balaban J connectivity index is 2.54. The molecule has 0 bridgehead atoms. The molecule has 1 aromatic carbocycles. The zero-order chi connectivity index (χ0) is 13.5. The van der Waals surface area contributed by atoms with E-state index in [-0.39, 0.29) is 37.7 Å². The molecule has 5 nitrogen and oxygen atoms in total. The van der Waals surface area contributed by atoms with Crippen molar-refractivity contribution in [2.24, 2.45) is 0 Å². The SMILES string of the molecule is Nc1cc(F)c(F)cc1C(=O)OCCOCCO. The third kappa shape index (κ3) is 3.94. The number of aliphatic hydroxyl groups excluding tert-OH is 1. The highest BCUT2D eigenvalue weighted by atomic mass is 19.2. The van der Waals surface area contributed by atoms with Gasteiger partial charge in [-0.05, 0) is 6.07 Å². The van der Waals surface area contributed by atoms with Crippen molar-refractivity contribution in [3.8, 4) is 0 Å². The number of hydrogen-bond acceptors (Lipinski definition) is 5. The third-order valence-corrected chi connectivity index (χ3v) is 2.01. The smallest absolute Gasteiger partial charge is 0.340 e. The Kier molecular flexibility index (Phi) is 5.47. The molecule has 7 heteroatoms. The Morgan fingerprint density at radius 2 is 1.89 bits per heavy atom. The van der Waals surface area contributed by atoms with Crippen molar-refractivity contribution in [2.45, 2.75) is 0 Å². The van der Waals surface area contributed by atoms with Crippen molar-refractivity contribution in [2.75, 3.05) is 32.2 Å². The monoisotopic (exact) mass is 261 g/mol. The minimum absolute atomic E-state index is 0.0722. The number of rotatable bonds is 6. The van der Waals surface area contributed by atoms with Crippen molar-refractivity contribution >= 4 is 11.7 Å². The van der Waals surface area contributed by atoms with E-state index in [9.17, 15) is 13.6 Å². The summed E-state index contributed by atoms with van der Waals surface area (Å²) >= 11 is 0. The molecular weight excluding hydrogens is 248 g/mol. The number of carbonyl (C=O) groups is 1. The number of anilines is 1. The Morgan fingerprint density at radius 3 is 2.56 bits per heavy atom. The van der Waals surface area contributed by atoms with Gasteiger partial charge in [0, 0.05) is 11.8 Å². The molecule has 100 valence electrons. The molecule has 0 aliphatic carbocycles. The minimum Gasteiger partial charge on any atom is -0.460 e. The average Bonchev–Trinajstić information content (AvgIpc) is 2.33. The standard InChI is InChI=1S/C11H13F2NO4/c12-8-5-7(10(14)6-9(8)13)11(16)18-4-3-17-2-1-15/h5-6,15H,1-4,14H2. The van der Waals surface area contributed by atoms with Gasteiger partial charge in [-0.2, -0.15) is 0 Å². The van der Waals surface area contributed by atoms with E-state index in [2.05, 4.69) is 0 Å². The van der Waals surface area contributed by atoms with Crippen LogP contribution in [-0.2, 0) is 9.47 Å². The molecule has 1 rings (SSSR count). The lowest BCUT2D eigenvalue weighted by Crippen LogP contribution is -2.14. The quantitative estimate of drug-likeness (QED) is 0.448. The maximum atomic E-state index is 12.9. The van der Waals surface area contributed by atoms with Crippen LogP contribution in [0.15, 0.2) is 12.1 Å². The van der Waals surface area contributed by atoms with Gasteiger partial charge in [-0.15, -0.1) is 0 Å². The summed E-state index contributed by atoms with van der Waals surface area (Å²) in [5.74, 6) is -3.16. The van der Waals surface area contributed by atoms with E-state index in [0.717, 1.165) is 0 Å². The number of ether oxygens (including phenoxy) is 2. The summed E-state index contributed by atoms with van der Waals surface area (Å²) < 4.78 is 35.3. The lowest BCUT2D eigenvalue weighted by atomic mass is 10.1. The Hall–Kier alpha value is -1.73. The fourth-order valence-electron chi connectivity index (χ4n) is 1.18. The van der Waals surface area contributed by atoms with Crippen molar-refractivity contribution in [3.05, 3.63) is 29.3 Å². The van der Waals surface area contributed by atoms with Gasteiger partial charge in [0.1, 0.15) is 6.61 Å². The molecule has 0 aliphatic heterocycles. The van der Waals surface area contributed by atoms with Gasteiger partial charge in [-0.3, -0.25) is 0 Å². The fourth-order valence-corrected chi connectivity index (χ4v) is 1.18. The number of nitrogen functional groups attached to an aromatic ring is 1. The van der Waals surface area contributed by atoms with Crippen LogP contribution in [0.4, 0.5) is 14.5 Å². The normalized spacial score (nSPS) is 10.4. The molecule has 0 aromatic heterocycles. The van der Waals surface area contributed by atoms with Gasteiger partial charge in [0.25, 0.3) is 0 Å². The maximum absolute atomic E-state index is 12.9. The van der Waals surface area contributed by atoms with Crippen LogP contribution in [0.3, 0.4) is 0 Å². The lowest BCUT2D eigenvalue weighted by Gasteiger charge is -2.07. The lowest BCUT2D eigenvalue weighted by molar-refractivity contribution is 0.0259. The summed E-state index contributed by atoms with van der Waals surface area (Å²) in [4.78, 5) is 11.5. The van der Waals surface area contributed by atoms with Crippen LogP contribution >= 0.6 is 0 Å². The van der Waals surface area contributed by atoms with Crippen molar-refractivity contribution in [1.29, 1.82) is 0 Å². The van der Waals surface area contributed by atoms with Crippen LogP contribution in [0.2, 0.25) is 0 Å². The molecule has 0 aliphatic rings. The summed E-state index contributed by atoms with van der Waals surface area (Å²) in [6.45, 7) is 0.0160. The molecule has 0 heterocycles. The second-order valence-corrected chi connectivity index (χ2v) is 3.33. The Morgan fingerprint density at radius 1 is 1.22 bits per heavy atom. The number of nitrogens with two attached hydrogens (primary N) is 1. The maximum Gasteiger partial charge on any atom is 0.340 e. The highest BCUT2D eigenvalue weighted by Crippen LogP contribution is 2.17. The predicted molar refractivity (Wildman–Crippen MR) is 59.0 cm³/mol. The van der Waals surface area contributed by atoms with E-state index in [4.69, 9.17) is 20.3 Å². The molecule has 0 fully saturated rings. The Bertz CT molecular complexity index is 426. The van der Waals surface area contributed by atoms with Crippen LogP contribution in [0, 0.1) is 11.6 Å². The molecule has 0 saturated carbocycles. The molecule has 18 heavy (non-hydrogen) atoms. The van der Waals surface area contributed by atoms with Gasteiger partial charge in [-0.25, -0.2) is 13.6 Å². The number of hydrogen-bond donors (Lipinski definition) is 2. The molecule has 3 N–H and O–H groups in total. The first-order valence-electron chi connectivity index (χ1n) is 5.16. The van der Waals surface area contributed by atoms with E-state index in [1.165, 1.54) is 0 Å². The first-order chi connectivity index (χ1) is 8.56. The topological polar surface area (TPSA) is 81.8 Å². The van der Waals surface area contributed by atoms with E-state index in [0.29, 0.717) is 12.1 Å². The zero-order valence-corrected chi connectivity index (χ0v) is 9.49. The summed E-state index contributed by atoms with van der Waals surface area (Å²) in [7, 11) is 0. The van der Waals surface area contributed by atoms with E-state index in [1.54, 1.807) is 0 Å². The first kappa shape index (κ1) is 14.3. The highest BCUT2D eigenvalue weighted by molar-refractivity contribution is 5.95. The second kappa shape index (κ2) is 6.87. The first-order valence-corrected chi connectivity index (χ1v) is 5.16. The number of carbonyl (C=O) groups excluding carboxylic acids is 1. The van der Waals surface area contributed by atoms with Crippen LogP contribution in [-0.4, -0.2) is 37.5 Å². The van der Waals surface area contributed by atoms with Crippen molar-refractivity contribution < 1.29 is 28.2 Å². The molecule has 0 radical (unpaired) electrons. The predicted octanol–water partition coefficient (Wildman–Crippen LogP) is 0.713. The number of halogens is 2. The van der Waals surface area contributed by atoms with Gasteiger partial charge in [0.05, 0.1) is 25.4 Å². The van der Waals surface area contributed by atoms with Gasteiger partial charge >= 0.3 is 5.97 Å². The third-order valence-electron chi connectivity index (χ3n) is 2.01. The summed E-state index contributed by atoms with van der Waals surface area (Å²) in [5.41, 5.74) is 4.93. The average molecular weight is 261 g/mol. The van der Waals surface area contributed by atoms with E-state index in [1.807, 2.05) is 0 Å². The van der Waals surface area contributed by atoms with Crippen LogP contribution in [0.5, 0.6) is 0 Å². The molecule has 0 atom stereocenters. The number of benzene rings is 1. The van der Waals surface area contributed by atoms with Crippen LogP contribution in [0.1, 0.15) is 10.4 Å². The van der Waals surface area contributed by atoms with Gasteiger partial charge in [-0.1, -0.05) is 0 Å². The molecule has 0 amide bonds. The molecule has 0 saturated heterocycles. The van der Waals surface area contributed by atoms with E-state index >= 15 is 0 Å². The van der Waals surface area contributed by atoms with Crippen LogP contribution in [0.25, 0.3) is 0 Å². The van der Waals surface area contributed by atoms with Crippen LogP contribution < -0.4 is 5.73 Å². The summed E-state index contributed by atoms with van der Waals surface area (Å²) in [6, 6.07) is 1.40. The number of esters is 1. The minimum atomic E-state index is -1.17. The largest absolute Gasteiger partial charge is 0.460 e.